The highest BCUT2D eigenvalue weighted by Gasteiger charge is 2.17. The number of carbonyl (C=O) groups is 2. The van der Waals surface area contributed by atoms with Gasteiger partial charge < -0.3 is 20.1 Å². The van der Waals surface area contributed by atoms with E-state index in [4.69, 9.17) is 9.47 Å². The van der Waals surface area contributed by atoms with Gasteiger partial charge in [-0.05, 0) is 24.3 Å². The monoisotopic (exact) mass is 467 g/mol. The van der Waals surface area contributed by atoms with Gasteiger partial charge in [0.2, 0.25) is 4.96 Å². The first-order valence-electron chi connectivity index (χ1n) is 10.1. The van der Waals surface area contributed by atoms with E-state index in [2.05, 4.69) is 20.7 Å². The number of fused-ring (bicyclic) bond motifs is 2. The van der Waals surface area contributed by atoms with Crippen LogP contribution in [0.1, 0.15) is 5.69 Å². The van der Waals surface area contributed by atoms with E-state index >= 15 is 0 Å². The predicted molar refractivity (Wildman–Crippen MR) is 119 cm³/mol. The molecule has 0 bridgehead atoms. The summed E-state index contributed by atoms with van der Waals surface area (Å²) in [6.07, 6.45) is 0.439. The first-order valence-corrected chi connectivity index (χ1v) is 11.0. The fraction of sp³-hybridized carbons (Fsp3) is 0.182. The average Bonchev–Trinajstić information content (AvgIpc) is 3.41. The van der Waals surface area contributed by atoms with Crippen LogP contribution in [0.3, 0.4) is 0 Å². The Kier molecular flexibility index (Phi) is 5.61. The molecule has 0 fully saturated rings. The maximum Gasteiger partial charge on any atom is 0.313 e. The molecule has 33 heavy (non-hydrogen) atoms. The summed E-state index contributed by atoms with van der Waals surface area (Å²) in [5.74, 6) is -0.355. The van der Waals surface area contributed by atoms with Crippen molar-refractivity contribution in [2.45, 2.75) is 6.42 Å². The molecule has 2 N–H and O–H groups in total. The summed E-state index contributed by atoms with van der Waals surface area (Å²) in [5.41, 5.74) is 1.84. The summed E-state index contributed by atoms with van der Waals surface area (Å²) in [4.78, 5) is 29.5. The maximum absolute atomic E-state index is 13.5. The van der Waals surface area contributed by atoms with Crippen LogP contribution in [0.4, 0.5) is 10.1 Å². The third-order valence-corrected chi connectivity index (χ3v) is 5.77. The number of nitrogens with one attached hydrogen (secondary N) is 2. The average molecular weight is 467 g/mol. The fourth-order valence-electron chi connectivity index (χ4n) is 3.34. The van der Waals surface area contributed by atoms with Crippen LogP contribution in [-0.4, -0.2) is 46.2 Å². The minimum Gasteiger partial charge on any atom is -0.486 e. The van der Waals surface area contributed by atoms with Gasteiger partial charge in [-0.2, -0.15) is 4.98 Å². The maximum atomic E-state index is 13.5. The number of amides is 2. The van der Waals surface area contributed by atoms with E-state index in [1.807, 2.05) is 5.38 Å². The highest BCUT2D eigenvalue weighted by Crippen LogP contribution is 2.32. The van der Waals surface area contributed by atoms with E-state index in [9.17, 15) is 14.0 Å². The van der Waals surface area contributed by atoms with Gasteiger partial charge in [0, 0.05) is 35.7 Å². The van der Waals surface area contributed by atoms with Crippen molar-refractivity contribution in [2.75, 3.05) is 25.1 Å². The Hall–Kier alpha value is -3.99. The topological polar surface area (TPSA) is 107 Å². The van der Waals surface area contributed by atoms with Gasteiger partial charge in [0.25, 0.3) is 0 Å². The number of ether oxygens (including phenoxy) is 2. The molecule has 168 valence electrons. The summed E-state index contributed by atoms with van der Waals surface area (Å²) < 4.78 is 26.1. The Morgan fingerprint density at radius 3 is 2.79 bits per heavy atom. The van der Waals surface area contributed by atoms with Crippen molar-refractivity contribution in [2.24, 2.45) is 0 Å². The fourth-order valence-corrected chi connectivity index (χ4v) is 4.20. The second-order valence-electron chi connectivity index (χ2n) is 7.19. The standard InChI is InChI=1S/C22H18FN5O4S/c23-14-3-1-2-13(10-14)19-26-22-28(27-19)16(12-33-22)6-7-24-20(29)21(30)25-15-4-5-17-18(11-15)32-9-8-31-17/h1-5,10-12H,6-9H2,(H,24,29)(H,25,30). The Balaban J connectivity index is 1.18. The van der Waals surface area contributed by atoms with Gasteiger partial charge >= 0.3 is 11.8 Å². The van der Waals surface area contributed by atoms with Gasteiger partial charge in [-0.25, -0.2) is 8.91 Å². The molecule has 0 saturated carbocycles. The first-order chi connectivity index (χ1) is 16.1. The summed E-state index contributed by atoms with van der Waals surface area (Å²) in [7, 11) is 0. The number of hydrogen-bond donors (Lipinski definition) is 2. The predicted octanol–water partition coefficient (Wildman–Crippen LogP) is 2.67. The van der Waals surface area contributed by atoms with Crippen LogP contribution in [0.15, 0.2) is 47.8 Å². The lowest BCUT2D eigenvalue weighted by atomic mass is 10.2. The van der Waals surface area contributed by atoms with Gasteiger partial charge in [-0.1, -0.05) is 12.1 Å². The summed E-state index contributed by atoms with van der Waals surface area (Å²) in [6, 6.07) is 11.0. The number of carbonyl (C=O) groups excluding carboxylic acids is 2. The Morgan fingerprint density at radius 2 is 1.94 bits per heavy atom. The third kappa shape index (κ3) is 4.48. The molecule has 0 unspecified atom stereocenters. The van der Waals surface area contributed by atoms with Crippen LogP contribution in [0.25, 0.3) is 16.3 Å². The molecular formula is C22H18FN5O4S. The molecule has 1 aliphatic rings. The Bertz CT molecular complexity index is 1350. The van der Waals surface area contributed by atoms with Crippen LogP contribution in [0, 0.1) is 5.82 Å². The van der Waals surface area contributed by atoms with E-state index in [1.165, 1.54) is 23.5 Å². The highest BCUT2D eigenvalue weighted by molar-refractivity contribution is 7.15. The van der Waals surface area contributed by atoms with E-state index in [-0.39, 0.29) is 12.4 Å². The normalized spacial score (nSPS) is 12.5. The zero-order chi connectivity index (χ0) is 22.8. The van der Waals surface area contributed by atoms with Crippen molar-refractivity contribution >= 4 is 33.8 Å². The van der Waals surface area contributed by atoms with E-state index in [1.54, 1.807) is 34.8 Å². The van der Waals surface area contributed by atoms with Gasteiger partial charge in [-0.3, -0.25) is 9.59 Å². The van der Waals surface area contributed by atoms with Gasteiger partial charge in [0.15, 0.2) is 17.3 Å². The van der Waals surface area contributed by atoms with E-state index in [0.717, 1.165) is 5.69 Å². The number of thiazole rings is 1. The van der Waals surface area contributed by atoms with Gasteiger partial charge in [0.05, 0.1) is 5.69 Å². The molecule has 0 radical (unpaired) electrons. The van der Waals surface area contributed by atoms with Crippen molar-refractivity contribution in [3.05, 3.63) is 59.4 Å². The molecular weight excluding hydrogens is 449 g/mol. The van der Waals surface area contributed by atoms with Crippen molar-refractivity contribution in [3.8, 4) is 22.9 Å². The number of hydrogen-bond acceptors (Lipinski definition) is 7. The largest absolute Gasteiger partial charge is 0.486 e. The van der Waals surface area contributed by atoms with Gasteiger partial charge in [0.1, 0.15) is 19.0 Å². The SMILES string of the molecule is O=C(NCCc1csc2nc(-c3cccc(F)c3)nn12)C(=O)Nc1ccc2c(c1)OCCO2. The van der Waals surface area contributed by atoms with E-state index < -0.39 is 11.8 Å². The molecule has 0 aliphatic carbocycles. The molecule has 9 nitrogen and oxygen atoms in total. The minimum atomic E-state index is -0.781. The smallest absolute Gasteiger partial charge is 0.313 e. The molecule has 2 amide bonds. The number of nitrogens with zero attached hydrogens (tertiary/aromatic N) is 3. The molecule has 0 atom stereocenters. The quantitative estimate of drug-likeness (QED) is 0.437. The second kappa shape index (κ2) is 8.87. The van der Waals surface area contributed by atoms with Crippen molar-refractivity contribution in [1.82, 2.24) is 19.9 Å². The Labute approximate surface area is 191 Å². The number of rotatable bonds is 5. The number of aromatic nitrogens is 3. The lowest BCUT2D eigenvalue weighted by Gasteiger charge is -2.18. The summed E-state index contributed by atoms with van der Waals surface area (Å²) in [5, 5.41) is 11.5. The number of benzene rings is 2. The second-order valence-corrected chi connectivity index (χ2v) is 8.02. The van der Waals surface area contributed by atoms with E-state index in [0.29, 0.717) is 53.2 Å². The molecule has 2 aromatic carbocycles. The number of halogens is 1. The molecule has 4 aromatic rings. The molecule has 3 heterocycles. The van der Waals surface area contributed by atoms with Crippen LogP contribution in [-0.2, 0) is 16.0 Å². The van der Waals surface area contributed by atoms with Crippen molar-refractivity contribution in [1.29, 1.82) is 0 Å². The van der Waals surface area contributed by atoms with Crippen LogP contribution in [0.2, 0.25) is 0 Å². The number of anilines is 1. The van der Waals surface area contributed by atoms with Crippen LogP contribution in [0.5, 0.6) is 11.5 Å². The van der Waals surface area contributed by atoms with Crippen molar-refractivity contribution < 1.29 is 23.5 Å². The van der Waals surface area contributed by atoms with Crippen molar-refractivity contribution in [3.63, 3.8) is 0 Å². The molecule has 11 heteroatoms. The minimum absolute atomic E-state index is 0.231. The third-order valence-electron chi connectivity index (χ3n) is 4.91. The Morgan fingerprint density at radius 1 is 1.09 bits per heavy atom. The summed E-state index contributed by atoms with van der Waals surface area (Å²) in [6.45, 7) is 1.13. The zero-order valence-electron chi connectivity index (χ0n) is 17.2. The molecule has 1 aliphatic heterocycles. The lowest BCUT2D eigenvalue weighted by Crippen LogP contribution is -2.36. The van der Waals surface area contributed by atoms with Crippen LogP contribution < -0.4 is 20.1 Å². The molecule has 5 rings (SSSR count). The van der Waals surface area contributed by atoms with Gasteiger partial charge in [-0.15, -0.1) is 16.4 Å². The summed E-state index contributed by atoms with van der Waals surface area (Å²) >= 11 is 1.39. The molecule has 0 saturated heterocycles. The van der Waals surface area contributed by atoms with Crippen LogP contribution >= 0.6 is 11.3 Å². The highest BCUT2D eigenvalue weighted by atomic mass is 32.1. The first kappa shape index (κ1) is 20.9. The molecule has 0 spiro atoms. The lowest BCUT2D eigenvalue weighted by molar-refractivity contribution is -0.136. The zero-order valence-corrected chi connectivity index (χ0v) is 18.0. The molecule has 2 aromatic heterocycles.